The van der Waals surface area contributed by atoms with Crippen molar-refractivity contribution in [1.82, 2.24) is 24.7 Å². The Balaban J connectivity index is 1.62. The first-order valence-electron chi connectivity index (χ1n) is 10.2. The summed E-state index contributed by atoms with van der Waals surface area (Å²) in [5.74, 6) is 0.382. The molecule has 1 aliphatic rings. The molecule has 0 radical (unpaired) electrons. The van der Waals surface area contributed by atoms with E-state index >= 15 is 4.39 Å². The van der Waals surface area contributed by atoms with Crippen LogP contribution in [0.1, 0.15) is 46.5 Å². The number of fused-ring (bicyclic) bond motifs is 1. The van der Waals surface area contributed by atoms with Gasteiger partial charge in [-0.3, -0.25) is 0 Å². The molecular weight excluding hydrogens is 412 g/mol. The van der Waals surface area contributed by atoms with Gasteiger partial charge in [-0.1, -0.05) is 18.2 Å². The minimum absolute atomic E-state index is 0.117. The van der Waals surface area contributed by atoms with Crippen molar-refractivity contribution >= 4 is 11.8 Å². The van der Waals surface area contributed by atoms with E-state index in [1.807, 2.05) is 6.07 Å². The average Bonchev–Trinajstić information content (AvgIpc) is 3.37. The number of rotatable bonds is 4. The van der Waals surface area contributed by atoms with Crippen molar-refractivity contribution in [2.24, 2.45) is 0 Å². The quantitative estimate of drug-likeness (QED) is 0.506. The molecule has 162 valence electrons. The highest BCUT2D eigenvalue weighted by Crippen LogP contribution is 2.50. The lowest BCUT2D eigenvalue weighted by Gasteiger charge is -2.16. The average molecular weight is 433 g/mol. The van der Waals surface area contributed by atoms with Crippen LogP contribution in [-0.2, 0) is 0 Å². The van der Waals surface area contributed by atoms with Gasteiger partial charge in [-0.25, -0.2) is 23.4 Å². The second-order valence-corrected chi connectivity index (χ2v) is 7.80. The number of nitrogens with two attached hydrogens (primary N) is 1. The fourth-order valence-corrected chi connectivity index (χ4v) is 4.51. The number of aromatic nitrogens is 5. The lowest BCUT2D eigenvalue weighted by molar-refractivity contribution is 0.602. The highest BCUT2D eigenvalue weighted by Gasteiger charge is 2.37. The summed E-state index contributed by atoms with van der Waals surface area (Å²) >= 11 is 0. The van der Waals surface area contributed by atoms with Crippen molar-refractivity contribution in [1.29, 1.82) is 0 Å². The van der Waals surface area contributed by atoms with Gasteiger partial charge in [0.2, 0.25) is 5.95 Å². The van der Waals surface area contributed by atoms with Gasteiger partial charge in [0, 0.05) is 24.4 Å². The molecule has 0 saturated heterocycles. The Labute approximate surface area is 183 Å². The Morgan fingerprint density at radius 1 is 1.03 bits per heavy atom. The third-order valence-corrected chi connectivity index (χ3v) is 5.97. The van der Waals surface area contributed by atoms with Gasteiger partial charge in [0.15, 0.2) is 0 Å². The molecule has 0 saturated carbocycles. The van der Waals surface area contributed by atoms with Crippen LogP contribution >= 0.6 is 0 Å². The summed E-state index contributed by atoms with van der Waals surface area (Å²) in [5, 5.41) is 7.19. The van der Waals surface area contributed by atoms with E-state index in [9.17, 15) is 4.39 Å². The van der Waals surface area contributed by atoms with Crippen molar-refractivity contribution in [3.63, 3.8) is 0 Å². The zero-order chi connectivity index (χ0) is 22.4. The van der Waals surface area contributed by atoms with Gasteiger partial charge in [-0.2, -0.15) is 10.1 Å². The summed E-state index contributed by atoms with van der Waals surface area (Å²) in [6, 6.07) is 11.5. The van der Waals surface area contributed by atoms with Crippen molar-refractivity contribution in [3.8, 4) is 5.69 Å². The van der Waals surface area contributed by atoms with Crippen molar-refractivity contribution in [3.05, 3.63) is 88.6 Å². The zero-order valence-electron chi connectivity index (χ0n) is 17.5. The predicted octanol–water partition coefficient (Wildman–Crippen LogP) is 3.94. The SMILES string of the molecule is CNc1nc(N)nc2c1C(c1ccc(-n3ncnc3C)c(F)c1)CC2c1ccc(F)cc1. The largest absolute Gasteiger partial charge is 0.373 e. The third kappa shape index (κ3) is 3.26. The van der Waals surface area contributed by atoms with Gasteiger partial charge in [-0.15, -0.1) is 0 Å². The van der Waals surface area contributed by atoms with Crippen LogP contribution in [0.25, 0.3) is 5.69 Å². The second-order valence-electron chi connectivity index (χ2n) is 7.80. The molecule has 2 atom stereocenters. The molecule has 5 rings (SSSR count). The number of hydrogen-bond donors (Lipinski definition) is 2. The van der Waals surface area contributed by atoms with E-state index in [4.69, 9.17) is 5.73 Å². The number of nitrogens with one attached hydrogen (secondary N) is 1. The zero-order valence-corrected chi connectivity index (χ0v) is 17.5. The highest BCUT2D eigenvalue weighted by atomic mass is 19.1. The molecule has 4 aromatic rings. The van der Waals surface area contributed by atoms with E-state index in [-0.39, 0.29) is 23.6 Å². The highest BCUT2D eigenvalue weighted by molar-refractivity contribution is 5.60. The van der Waals surface area contributed by atoms with Gasteiger partial charge in [0.25, 0.3) is 0 Å². The maximum Gasteiger partial charge on any atom is 0.222 e. The van der Waals surface area contributed by atoms with Crippen LogP contribution in [0.4, 0.5) is 20.5 Å². The minimum Gasteiger partial charge on any atom is -0.373 e. The molecule has 0 spiro atoms. The van der Waals surface area contributed by atoms with Gasteiger partial charge in [0.1, 0.15) is 35.3 Å². The Kier molecular flexibility index (Phi) is 4.80. The van der Waals surface area contributed by atoms with Crippen LogP contribution in [0.2, 0.25) is 0 Å². The van der Waals surface area contributed by atoms with E-state index in [1.54, 1.807) is 32.2 Å². The molecule has 2 aromatic heterocycles. The summed E-state index contributed by atoms with van der Waals surface area (Å²) in [5.41, 5.74) is 9.66. The summed E-state index contributed by atoms with van der Waals surface area (Å²) in [4.78, 5) is 12.9. The van der Waals surface area contributed by atoms with Crippen LogP contribution < -0.4 is 11.1 Å². The van der Waals surface area contributed by atoms with Crippen molar-refractivity contribution in [2.45, 2.75) is 25.2 Å². The molecular formula is C23H21F2N7. The number of halogens is 2. The predicted molar refractivity (Wildman–Crippen MR) is 117 cm³/mol. The van der Waals surface area contributed by atoms with Gasteiger partial charge >= 0.3 is 0 Å². The van der Waals surface area contributed by atoms with Gasteiger partial charge in [-0.05, 0) is 48.7 Å². The van der Waals surface area contributed by atoms with Crippen LogP contribution in [0.15, 0.2) is 48.8 Å². The summed E-state index contributed by atoms with van der Waals surface area (Å²) in [6.45, 7) is 1.77. The fourth-order valence-electron chi connectivity index (χ4n) is 4.51. The van der Waals surface area contributed by atoms with E-state index < -0.39 is 5.82 Å². The lowest BCUT2D eigenvalue weighted by Crippen LogP contribution is -2.09. The van der Waals surface area contributed by atoms with Gasteiger partial charge in [0.05, 0.1) is 5.69 Å². The summed E-state index contributed by atoms with van der Waals surface area (Å²) in [6.07, 6.45) is 2.03. The van der Waals surface area contributed by atoms with Crippen LogP contribution in [0.5, 0.6) is 0 Å². The number of nitrogens with zero attached hydrogens (tertiary/aromatic N) is 5. The maximum atomic E-state index is 15.1. The number of aryl methyl sites for hydroxylation is 1. The molecule has 0 amide bonds. The molecule has 3 N–H and O–H groups in total. The first kappa shape index (κ1) is 20.0. The van der Waals surface area contributed by atoms with Crippen molar-refractivity contribution in [2.75, 3.05) is 18.1 Å². The third-order valence-electron chi connectivity index (χ3n) is 5.97. The number of nitrogen functional groups attached to an aromatic ring is 1. The second kappa shape index (κ2) is 7.67. The normalized spacial score (nSPS) is 17.4. The van der Waals surface area contributed by atoms with E-state index in [2.05, 4.69) is 25.4 Å². The molecule has 0 aliphatic heterocycles. The molecule has 0 fully saturated rings. The first-order chi connectivity index (χ1) is 15.5. The lowest BCUT2D eigenvalue weighted by atomic mass is 9.90. The molecule has 2 heterocycles. The van der Waals surface area contributed by atoms with Crippen molar-refractivity contribution < 1.29 is 8.78 Å². The molecule has 32 heavy (non-hydrogen) atoms. The monoisotopic (exact) mass is 433 g/mol. The molecule has 0 bridgehead atoms. The van der Waals surface area contributed by atoms with Crippen LogP contribution in [0, 0.1) is 18.6 Å². The smallest absolute Gasteiger partial charge is 0.222 e. The molecule has 7 nitrogen and oxygen atoms in total. The summed E-state index contributed by atoms with van der Waals surface area (Å²) in [7, 11) is 1.77. The standard InChI is InChI=1S/C23H21F2N7/c1-12-28-11-29-32(12)19-8-5-14(9-18(19)25)16-10-17(13-3-6-15(24)7-4-13)21-20(16)22(27-2)31-23(26)30-21/h3-9,11,16-17H,10H2,1-2H3,(H3,26,27,30,31). The summed E-state index contributed by atoms with van der Waals surface area (Å²) < 4.78 is 30.1. The van der Waals surface area contributed by atoms with E-state index in [0.717, 1.165) is 22.4 Å². The van der Waals surface area contributed by atoms with Crippen LogP contribution in [0.3, 0.4) is 0 Å². The van der Waals surface area contributed by atoms with Crippen LogP contribution in [-0.4, -0.2) is 31.8 Å². The van der Waals surface area contributed by atoms with Gasteiger partial charge < -0.3 is 11.1 Å². The molecule has 9 heteroatoms. The van der Waals surface area contributed by atoms with E-state index in [1.165, 1.54) is 29.2 Å². The Hall–Kier alpha value is -3.88. The number of benzene rings is 2. The Morgan fingerprint density at radius 2 is 1.78 bits per heavy atom. The number of anilines is 2. The maximum absolute atomic E-state index is 15.1. The minimum atomic E-state index is -0.398. The first-order valence-corrected chi connectivity index (χ1v) is 10.2. The Morgan fingerprint density at radius 3 is 2.44 bits per heavy atom. The number of hydrogen-bond acceptors (Lipinski definition) is 6. The fraction of sp³-hybridized carbons (Fsp3) is 0.217. The Bertz CT molecular complexity index is 1300. The molecule has 2 aromatic carbocycles. The van der Waals surface area contributed by atoms with E-state index in [0.29, 0.717) is 23.8 Å². The topological polar surface area (TPSA) is 94.5 Å². The molecule has 1 aliphatic carbocycles. The molecule has 2 unspecified atom stereocenters.